The number of benzene rings is 2. The molecule has 28 heavy (non-hydrogen) atoms. The third-order valence-corrected chi connectivity index (χ3v) is 5.18. The summed E-state index contributed by atoms with van der Waals surface area (Å²) in [5, 5.41) is 3.12. The molecule has 0 bridgehead atoms. The summed E-state index contributed by atoms with van der Waals surface area (Å²) in [6.45, 7) is 3.91. The largest absolute Gasteiger partial charge is 0.294 e. The highest BCUT2D eigenvalue weighted by Gasteiger charge is 2.29. The van der Waals surface area contributed by atoms with Crippen LogP contribution in [0.2, 0.25) is 0 Å². The lowest BCUT2D eigenvalue weighted by atomic mass is 10.3. The van der Waals surface area contributed by atoms with Gasteiger partial charge in [-0.1, -0.05) is 42.1 Å². The van der Waals surface area contributed by atoms with E-state index in [1.165, 1.54) is 0 Å². The quantitative estimate of drug-likeness (QED) is 0.729. The number of nitrogens with zero attached hydrogens (tertiary/aromatic N) is 4. The van der Waals surface area contributed by atoms with Crippen molar-refractivity contribution in [2.75, 3.05) is 16.8 Å². The molecule has 3 aromatic rings. The molecule has 1 N–H and O–H groups in total. The second kappa shape index (κ2) is 7.82. The Labute approximate surface area is 167 Å². The number of nitrogens with one attached hydrogen (secondary N) is 1. The number of hydrogen-bond donors (Lipinski definition) is 1. The molecule has 1 amide bonds. The molecule has 0 aliphatic carbocycles. The predicted molar refractivity (Wildman–Crippen MR) is 112 cm³/mol. The van der Waals surface area contributed by atoms with E-state index < -0.39 is 0 Å². The second-order valence-corrected chi connectivity index (χ2v) is 7.47. The molecule has 1 aliphatic rings. The molecule has 0 saturated heterocycles. The first-order valence-corrected chi connectivity index (χ1v) is 9.70. The molecule has 4 rings (SSSR count). The van der Waals surface area contributed by atoms with Gasteiger partial charge in [-0.15, -0.1) is 0 Å². The van der Waals surface area contributed by atoms with E-state index in [0.29, 0.717) is 11.9 Å². The van der Waals surface area contributed by atoms with Gasteiger partial charge in [-0.05, 0) is 44.2 Å². The smallest absolute Gasteiger partial charge is 0.255 e. The number of para-hydroxylation sites is 1. The molecule has 7 heteroatoms. The van der Waals surface area contributed by atoms with Crippen LogP contribution in [0, 0.1) is 13.8 Å². The molecule has 0 atom stereocenters. The van der Waals surface area contributed by atoms with Gasteiger partial charge in [0.1, 0.15) is 6.54 Å². The highest BCUT2D eigenvalue weighted by atomic mass is 32.2. The summed E-state index contributed by atoms with van der Waals surface area (Å²) in [5.74, 6) is 0.785. The SMILES string of the molecule is Cc1cc(C)nc(NC2=NCC(=O)N2c2ccccc2Sc2ccccc2)n1. The number of aryl methyl sites for hydroxylation is 2. The van der Waals surface area contributed by atoms with Gasteiger partial charge in [-0.3, -0.25) is 10.1 Å². The second-order valence-electron chi connectivity index (χ2n) is 6.35. The van der Waals surface area contributed by atoms with Crippen molar-refractivity contribution in [3.63, 3.8) is 0 Å². The first-order chi connectivity index (χ1) is 13.6. The predicted octanol–water partition coefficient (Wildman–Crippen LogP) is 4.06. The van der Waals surface area contributed by atoms with Crippen LogP contribution in [0.5, 0.6) is 0 Å². The van der Waals surface area contributed by atoms with Crippen molar-refractivity contribution >= 4 is 35.3 Å². The third-order valence-electron chi connectivity index (χ3n) is 4.11. The zero-order chi connectivity index (χ0) is 19.5. The van der Waals surface area contributed by atoms with E-state index in [2.05, 4.69) is 20.3 Å². The number of carbonyl (C=O) groups is 1. The zero-order valence-corrected chi connectivity index (χ0v) is 16.4. The number of rotatable bonds is 4. The fraction of sp³-hybridized carbons (Fsp3) is 0.143. The Morgan fingerprint density at radius 3 is 2.39 bits per heavy atom. The number of aliphatic imine (C=N–C) groups is 1. The summed E-state index contributed by atoms with van der Waals surface area (Å²) in [4.78, 5) is 29.5. The van der Waals surface area contributed by atoms with Gasteiger partial charge in [-0.25, -0.2) is 19.9 Å². The summed E-state index contributed by atoms with van der Waals surface area (Å²) in [5.41, 5.74) is 2.49. The maximum absolute atomic E-state index is 12.6. The van der Waals surface area contributed by atoms with Crippen LogP contribution in [0.1, 0.15) is 11.4 Å². The number of amides is 1. The van der Waals surface area contributed by atoms with E-state index >= 15 is 0 Å². The van der Waals surface area contributed by atoms with Gasteiger partial charge in [0.15, 0.2) is 0 Å². The van der Waals surface area contributed by atoms with E-state index in [1.807, 2.05) is 74.5 Å². The Balaban J connectivity index is 1.65. The molecule has 0 spiro atoms. The van der Waals surface area contributed by atoms with Crippen molar-refractivity contribution in [3.8, 4) is 0 Å². The minimum atomic E-state index is -0.0898. The molecule has 140 valence electrons. The first-order valence-electron chi connectivity index (χ1n) is 8.89. The fourth-order valence-corrected chi connectivity index (χ4v) is 3.93. The van der Waals surface area contributed by atoms with Gasteiger partial charge in [0, 0.05) is 21.2 Å². The van der Waals surface area contributed by atoms with Crippen LogP contribution in [0.4, 0.5) is 11.6 Å². The van der Waals surface area contributed by atoms with Crippen LogP contribution in [-0.4, -0.2) is 28.4 Å². The molecule has 2 aromatic carbocycles. The number of aromatic nitrogens is 2. The molecular weight excluding hydrogens is 370 g/mol. The van der Waals surface area contributed by atoms with Gasteiger partial charge in [-0.2, -0.15) is 0 Å². The normalized spacial score (nSPS) is 13.6. The summed E-state index contributed by atoms with van der Waals surface area (Å²) in [7, 11) is 0. The van der Waals surface area contributed by atoms with Crippen molar-refractivity contribution < 1.29 is 4.79 Å². The van der Waals surface area contributed by atoms with Crippen LogP contribution in [0.15, 0.2) is 75.4 Å². The van der Waals surface area contributed by atoms with Gasteiger partial charge < -0.3 is 0 Å². The van der Waals surface area contributed by atoms with Crippen molar-refractivity contribution in [2.24, 2.45) is 4.99 Å². The molecule has 2 heterocycles. The third kappa shape index (κ3) is 3.89. The molecule has 0 fully saturated rings. The van der Waals surface area contributed by atoms with E-state index in [4.69, 9.17) is 0 Å². The Bertz CT molecular complexity index is 1030. The van der Waals surface area contributed by atoms with E-state index in [0.717, 1.165) is 26.9 Å². The van der Waals surface area contributed by atoms with Crippen molar-refractivity contribution in [3.05, 3.63) is 72.1 Å². The van der Waals surface area contributed by atoms with Gasteiger partial charge >= 0.3 is 0 Å². The Hall–Kier alpha value is -3.19. The highest BCUT2D eigenvalue weighted by Crippen LogP contribution is 2.36. The standard InChI is InChI=1S/C21H19N5OS/c1-14-12-15(2)24-20(23-14)25-21-22-13-19(27)26(21)17-10-6-7-11-18(17)28-16-8-4-3-5-9-16/h3-12H,13H2,1-2H3,(H,22,23,24,25). The Morgan fingerprint density at radius 2 is 1.64 bits per heavy atom. The monoisotopic (exact) mass is 389 g/mol. The molecular formula is C21H19N5OS. The van der Waals surface area contributed by atoms with E-state index in [-0.39, 0.29) is 12.5 Å². The molecule has 1 aliphatic heterocycles. The molecule has 6 nitrogen and oxygen atoms in total. The number of carbonyl (C=O) groups excluding carboxylic acids is 1. The molecule has 0 saturated carbocycles. The van der Waals surface area contributed by atoms with Crippen molar-refractivity contribution in [2.45, 2.75) is 23.6 Å². The van der Waals surface area contributed by atoms with Crippen molar-refractivity contribution in [1.82, 2.24) is 9.97 Å². The summed E-state index contributed by atoms with van der Waals surface area (Å²) in [6, 6.07) is 19.8. The Morgan fingerprint density at radius 1 is 0.964 bits per heavy atom. The summed E-state index contributed by atoms with van der Waals surface area (Å²) in [6.07, 6.45) is 0. The van der Waals surface area contributed by atoms with Gasteiger partial charge in [0.25, 0.3) is 5.91 Å². The number of hydrogen-bond acceptors (Lipinski definition) is 6. The van der Waals surface area contributed by atoms with E-state index in [1.54, 1.807) is 16.7 Å². The number of guanidine groups is 1. The van der Waals surface area contributed by atoms with Crippen molar-refractivity contribution in [1.29, 1.82) is 0 Å². The fourth-order valence-electron chi connectivity index (χ4n) is 2.97. The summed E-state index contributed by atoms with van der Waals surface area (Å²) >= 11 is 1.61. The maximum Gasteiger partial charge on any atom is 0.255 e. The molecule has 0 unspecified atom stereocenters. The average molecular weight is 389 g/mol. The maximum atomic E-state index is 12.6. The topological polar surface area (TPSA) is 70.5 Å². The lowest BCUT2D eigenvalue weighted by Crippen LogP contribution is -2.37. The summed E-state index contributed by atoms with van der Waals surface area (Å²) < 4.78 is 0. The van der Waals surface area contributed by atoms with Crippen LogP contribution in [-0.2, 0) is 4.79 Å². The van der Waals surface area contributed by atoms with Crippen LogP contribution in [0.3, 0.4) is 0 Å². The highest BCUT2D eigenvalue weighted by molar-refractivity contribution is 7.99. The van der Waals surface area contributed by atoms with Gasteiger partial charge in [0.2, 0.25) is 11.9 Å². The molecule has 0 radical (unpaired) electrons. The van der Waals surface area contributed by atoms with Crippen LogP contribution in [0.25, 0.3) is 0 Å². The molecule has 1 aromatic heterocycles. The lowest BCUT2D eigenvalue weighted by Gasteiger charge is -2.21. The van der Waals surface area contributed by atoms with Crippen LogP contribution >= 0.6 is 11.8 Å². The zero-order valence-electron chi connectivity index (χ0n) is 15.6. The Kier molecular flexibility index (Phi) is 5.08. The lowest BCUT2D eigenvalue weighted by molar-refractivity contribution is -0.115. The average Bonchev–Trinajstić information content (AvgIpc) is 3.02. The first kappa shape index (κ1) is 18.2. The van der Waals surface area contributed by atoms with Crippen LogP contribution < -0.4 is 10.2 Å². The van der Waals surface area contributed by atoms with E-state index in [9.17, 15) is 4.79 Å². The minimum Gasteiger partial charge on any atom is -0.294 e. The minimum absolute atomic E-state index is 0.0898. The number of anilines is 2. The van der Waals surface area contributed by atoms with Gasteiger partial charge in [0.05, 0.1) is 5.69 Å².